The zero-order valence-corrected chi connectivity index (χ0v) is 12.1. The summed E-state index contributed by atoms with van der Waals surface area (Å²) in [4.78, 5) is 8.52. The molecule has 0 saturated carbocycles. The molecule has 1 aromatic carbocycles. The summed E-state index contributed by atoms with van der Waals surface area (Å²) in [6, 6.07) is 1.80. The van der Waals surface area contributed by atoms with Crippen LogP contribution in [-0.2, 0) is 6.54 Å². The Bertz CT molecular complexity index is 625. The van der Waals surface area contributed by atoms with Crippen LogP contribution in [0.3, 0.4) is 0 Å². The average molecular weight is 295 g/mol. The lowest BCUT2D eigenvalue weighted by Gasteiger charge is -2.11. The lowest BCUT2D eigenvalue weighted by molar-refractivity contribution is 0.447. The molecule has 0 fully saturated rings. The molecule has 0 saturated heterocycles. The van der Waals surface area contributed by atoms with Crippen molar-refractivity contribution >= 4 is 0 Å². The van der Waals surface area contributed by atoms with Gasteiger partial charge >= 0.3 is 0 Å². The van der Waals surface area contributed by atoms with Crippen molar-refractivity contribution in [2.45, 2.75) is 27.3 Å². The first-order chi connectivity index (χ1) is 9.93. The van der Waals surface area contributed by atoms with Gasteiger partial charge in [0.05, 0.1) is 0 Å². The molecule has 1 aromatic heterocycles. The number of halogens is 3. The van der Waals surface area contributed by atoms with Crippen LogP contribution in [0.1, 0.15) is 23.9 Å². The Balaban J connectivity index is 2.46. The molecule has 2 rings (SSSR count). The smallest absolute Gasteiger partial charge is 0.194 e. The summed E-state index contributed by atoms with van der Waals surface area (Å²) in [5.74, 6) is -3.81. The molecule has 0 radical (unpaired) electrons. The van der Waals surface area contributed by atoms with Gasteiger partial charge in [0.2, 0.25) is 0 Å². The maximum atomic E-state index is 13.3. The molecule has 0 atom stereocenters. The minimum absolute atomic E-state index is 0.118. The van der Waals surface area contributed by atoms with E-state index in [-0.39, 0.29) is 11.4 Å². The molecule has 1 heterocycles. The van der Waals surface area contributed by atoms with E-state index in [4.69, 9.17) is 0 Å². The zero-order chi connectivity index (χ0) is 15.6. The number of nitrogens with one attached hydrogen (secondary N) is 1. The maximum absolute atomic E-state index is 13.3. The number of aromatic nitrogens is 2. The van der Waals surface area contributed by atoms with Crippen molar-refractivity contribution in [2.75, 3.05) is 6.54 Å². The highest BCUT2D eigenvalue weighted by molar-refractivity contribution is 5.56. The van der Waals surface area contributed by atoms with Gasteiger partial charge in [0.15, 0.2) is 23.3 Å². The van der Waals surface area contributed by atoms with Crippen molar-refractivity contribution in [3.05, 3.63) is 46.5 Å². The molecule has 0 bridgehead atoms. The van der Waals surface area contributed by atoms with E-state index < -0.39 is 17.5 Å². The minimum atomic E-state index is -1.49. The van der Waals surface area contributed by atoms with Crippen LogP contribution >= 0.6 is 0 Å². The van der Waals surface area contributed by atoms with Gasteiger partial charge in [0, 0.05) is 29.1 Å². The fourth-order valence-corrected chi connectivity index (χ4v) is 2.06. The fourth-order valence-electron chi connectivity index (χ4n) is 2.06. The zero-order valence-electron chi connectivity index (χ0n) is 12.1. The van der Waals surface area contributed by atoms with Crippen LogP contribution in [0.15, 0.2) is 12.1 Å². The van der Waals surface area contributed by atoms with Gasteiger partial charge in [-0.05, 0) is 32.5 Å². The normalized spacial score (nSPS) is 11.0. The predicted molar refractivity (Wildman–Crippen MR) is 74.2 cm³/mol. The maximum Gasteiger partial charge on any atom is 0.194 e. The number of benzene rings is 1. The molecule has 6 heteroatoms. The molecule has 112 valence electrons. The molecule has 0 spiro atoms. The average Bonchev–Trinajstić information content (AvgIpc) is 2.43. The van der Waals surface area contributed by atoms with Crippen molar-refractivity contribution in [3.8, 4) is 11.4 Å². The second-order valence-electron chi connectivity index (χ2n) is 4.73. The molecular formula is C15H16F3N3. The van der Waals surface area contributed by atoms with E-state index in [0.717, 1.165) is 35.6 Å². The van der Waals surface area contributed by atoms with Gasteiger partial charge in [-0.1, -0.05) is 6.92 Å². The van der Waals surface area contributed by atoms with Gasteiger partial charge in [-0.3, -0.25) is 0 Å². The highest BCUT2D eigenvalue weighted by Crippen LogP contribution is 2.23. The van der Waals surface area contributed by atoms with E-state index in [9.17, 15) is 13.2 Å². The van der Waals surface area contributed by atoms with Gasteiger partial charge in [-0.15, -0.1) is 0 Å². The van der Waals surface area contributed by atoms with Gasteiger partial charge < -0.3 is 5.32 Å². The molecule has 2 aromatic rings. The van der Waals surface area contributed by atoms with E-state index in [2.05, 4.69) is 15.3 Å². The van der Waals surface area contributed by atoms with Gasteiger partial charge in [0.25, 0.3) is 0 Å². The minimum Gasteiger partial charge on any atom is -0.313 e. The Labute approximate surface area is 121 Å². The monoisotopic (exact) mass is 295 g/mol. The summed E-state index contributed by atoms with van der Waals surface area (Å²) >= 11 is 0. The first-order valence-electron chi connectivity index (χ1n) is 6.63. The third-order valence-electron chi connectivity index (χ3n) is 3.21. The highest BCUT2D eigenvalue weighted by atomic mass is 19.2. The van der Waals surface area contributed by atoms with Crippen molar-refractivity contribution < 1.29 is 13.2 Å². The molecule has 0 aliphatic carbocycles. The Morgan fingerprint density at radius 1 is 1.00 bits per heavy atom. The Morgan fingerprint density at radius 3 is 2.00 bits per heavy atom. The quantitative estimate of drug-likeness (QED) is 0.880. The summed E-state index contributed by atoms with van der Waals surface area (Å²) in [6.45, 7) is 7.04. The summed E-state index contributed by atoms with van der Waals surface area (Å²) in [5, 5.41) is 3.18. The number of aryl methyl sites for hydroxylation is 2. The first-order valence-corrected chi connectivity index (χ1v) is 6.63. The van der Waals surface area contributed by atoms with Gasteiger partial charge in [-0.25, -0.2) is 23.1 Å². The van der Waals surface area contributed by atoms with E-state index in [1.807, 2.05) is 6.92 Å². The topological polar surface area (TPSA) is 37.8 Å². The lowest BCUT2D eigenvalue weighted by atomic mass is 10.1. The number of nitrogens with zero attached hydrogens (tertiary/aromatic N) is 2. The second kappa shape index (κ2) is 6.22. The van der Waals surface area contributed by atoms with Gasteiger partial charge in [0.1, 0.15) is 0 Å². The molecule has 0 aliphatic rings. The Morgan fingerprint density at radius 2 is 1.52 bits per heavy atom. The van der Waals surface area contributed by atoms with Crippen molar-refractivity contribution in [2.24, 2.45) is 0 Å². The van der Waals surface area contributed by atoms with E-state index in [1.54, 1.807) is 13.8 Å². The molecule has 0 amide bonds. The summed E-state index contributed by atoms with van der Waals surface area (Å²) < 4.78 is 39.6. The van der Waals surface area contributed by atoms with E-state index in [0.29, 0.717) is 6.54 Å². The van der Waals surface area contributed by atoms with Crippen molar-refractivity contribution in [1.82, 2.24) is 15.3 Å². The SMILES string of the molecule is CCNCc1c(C)nc(-c2cc(F)c(F)c(F)c2)nc1C. The predicted octanol–water partition coefficient (Wildman–Crippen LogP) is 3.29. The third-order valence-corrected chi connectivity index (χ3v) is 3.21. The Hall–Kier alpha value is -1.95. The van der Waals surface area contributed by atoms with Crippen LogP contribution in [0.2, 0.25) is 0 Å². The highest BCUT2D eigenvalue weighted by Gasteiger charge is 2.15. The molecule has 21 heavy (non-hydrogen) atoms. The van der Waals surface area contributed by atoms with E-state index >= 15 is 0 Å². The number of rotatable bonds is 4. The lowest BCUT2D eigenvalue weighted by Crippen LogP contribution is -2.15. The first kappa shape index (κ1) is 15.4. The fraction of sp³-hybridized carbons (Fsp3) is 0.333. The largest absolute Gasteiger partial charge is 0.313 e. The van der Waals surface area contributed by atoms with Crippen LogP contribution in [0.5, 0.6) is 0 Å². The van der Waals surface area contributed by atoms with E-state index in [1.165, 1.54) is 0 Å². The van der Waals surface area contributed by atoms with Crippen LogP contribution < -0.4 is 5.32 Å². The molecule has 1 N–H and O–H groups in total. The molecule has 0 unspecified atom stereocenters. The van der Waals surface area contributed by atoms with Crippen molar-refractivity contribution in [1.29, 1.82) is 0 Å². The number of hydrogen-bond donors (Lipinski definition) is 1. The van der Waals surface area contributed by atoms with Crippen LogP contribution in [0.4, 0.5) is 13.2 Å². The summed E-state index contributed by atoms with van der Waals surface area (Å²) in [5.41, 5.74) is 2.52. The molecule has 0 aliphatic heterocycles. The summed E-state index contributed by atoms with van der Waals surface area (Å²) in [7, 11) is 0. The molecule has 3 nitrogen and oxygen atoms in total. The summed E-state index contributed by atoms with van der Waals surface area (Å²) in [6.07, 6.45) is 0. The number of hydrogen-bond acceptors (Lipinski definition) is 3. The van der Waals surface area contributed by atoms with Gasteiger partial charge in [-0.2, -0.15) is 0 Å². The third kappa shape index (κ3) is 3.21. The van der Waals surface area contributed by atoms with Crippen LogP contribution in [0, 0.1) is 31.3 Å². The van der Waals surface area contributed by atoms with Crippen LogP contribution in [0.25, 0.3) is 11.4 Å². The van der Waals surface area contributed by atoms with Crippen molar-refractivity contribution in [3.63, 3.8) is 0 Å². The molecular weight excluding hydrogens is 279 g/mol. The second-order valence-corrected chi connectivity index (χ2v) is 4.73. The Kier molecular flexibility index (Phi) is 4.57. The standard InChI is InChI=1S/C15H16F3N3/c1-4-19-7-11-8(2)20-15(21-9(11)3)10-5-12(16)14(18)13(17)6-10/h5-6,19H,4,7H2,1-3H3. The van der Waals surface area contributed by atoms with Crippen LogP contribution in [-0.4, -0.2) is 16.5 Å².